The molecule has 0 aromatic rings. The number of hydrogen-bond acceptors (Lipinski definition) is 4. The summed E-state index contributed by atoms with van der Waals surface area (Å²) in [5, 5.41) is 9.37. The van der Waals surface area contributed by atoms with Gasteiger partial charge in [0.15, 0.2) is 0 Å². The molecule has 3 aliphatic heterocycles. The van der Waals surface area contributed by atoms with Crippen LogP contribution >= 0.6 is 0 Å². The minimum Gasteiger partial charge on any atom is -0.393 e. The predicted molar refractivity (Wildman–Crippen MR) is 82.4 cm³/mol. The molecule has 0 aromatic carbocycles. The number of hydrogen-bond donors (Lipinski definition) is 1. The van der Waals surface area contributed by atoms with E-state index in [-0.39, 0.29) is 23.5 Å². The van der Waals surface area contributed by atoms with Crippen molar-refractivity contribution in [3.8, 4) is 0 Å². The number of carbonyl (C=O) groups excluding carboxylic acids is 1. The molecule has 0 unspecified atom stereocenters. The third kappa shape index (κ3) is 2.68. The van der Waals surface area contributed by atoms with Gasteiger partial charge in [-0.1, -0.05) is 0 Å². The van der Waals surface area contributed by atoms with E-state index in [0.29, 0.717) is 18.9 Å². The van der Waals surface area contributed by atoms with Gasteiger partial charge in [0.2, 0.25) is 5.91 Å². The van der Waals surface area contributed by atoms with Crippen molar-refractivity contribution in [1.82, 2.24) is 9.80 Å². The van der Waals surface area contributed by atoms with Gasteiger partial charge in [-0.05, 0) is 58.0 Å². The van der Waals surface area contributed by atoms with E-state index in [1.54, 1.807) is 0 Å². The molecule has 5 heteroatoms. The number of likely N-dealkylation sites (tertiary alicyclic amines) is 2. The van der Waals surface area contributed by atoms with Crippen LogP contribution in [0, 0.1) is 5.92 Å². The quantitative estimate of drug-likeness (QED) is 0.827. The van der Waals surface area contributed by atoms with Crippen LogP contribution in [0.2, 0.25) is 0 Å². The lowest BCUT2D eigenvalue weighted by molar-refractivity contribution is -0.146. The van der Waals surface area contributed by atoms with Crippen LogP contribution in [0.3, 0.4) is 0 Å². The van der Waals surface area contributed by atoms with Gasteiger partial charge < -0.3 is 14.7 Å². The van der Waals surface area contributed by atoms with E-state index in [2.05, 4.69) is 4.90 Å². The standard InChI is InChI=1S/C17H28N2O3/c20-15-9-13(10-15)16(21)19-7-3-17(4-8-19)11-14(12-22-17)18-5-1-2-6-18/h13-15,20H,1-12H2/t13?,14-,15?/m1/s1. The highest BCUT2D eigenvalue weighted by atomic mass is 16.5. The van der Waals surface area contributed by atoms with Crippen molar-refractivity contribution < 1.29 is 14.6 Å². The SMILES string of the molecule is O=C(C1CC(O)C1)N1CCC2(CC1)C[C@@H](N1CCCC1)CO2. The maximum Gasteiger partial charge on any atom is 0.225 e. The molecule has 1 amide bonds. The summed E-state index contributed by atoms with van der Waals surface area (Å²) in [6, 6.07) is 0.603. The molecule has 124 valence electrons. The first kappa shape index (κ1) is 14.9. The lowest BCUT2D eigenvalue weighted by Crippen LogP contribution is -2.51. The number of piperidine rings is 1. The Labute approximate surface area is 132 Å². The number of amides is 1. The predicted octanol–water partition coefficient (Wildman–Crippen LogP) is 1.00. The minimum atomic E-state index is -0.246. The van der Waals surface area contributed by atoms with Gasteiger partial charge in [-0.2, -0.15) is 0 Å². The number of nitrogens with zero attached hydrogens (tertiary/aromatic N) is 2. The van der Waals surface area contributed by atoms with Gasteiger partial charge in [-0.15, -0.1) is 0 Å². The molecule has 4 rings (SSSR count). The largest absolute Gasteiger partial charge is 0.393 e. The number of ether oxygens (including phenoxy) is 1. The van der Waals surface area contributed by atoms with Crippen LogP contribution in [0.15, 0.2) is 0 Å². The van der Waals surface area contributed by atoms with Crippen molar-refractivity contribution in [1.29, 1.82) is 0 Å². The van der Waals surface area contributed by atoms with Crippen molar-refractivity contribution >= 4 is 5.91 Å². The van der Waals surface area contributed by atoms with E-state index in [4.69, 9.17) is 4.74 Å². The van der Waals surface area contributed by atoms with Gasteiger partial charge in [0.05, 0.1) is 18.3 Å². The third-order valence-corrected chi connectivity index (χ3v) is 6.30. The molecule has 1 saturated carbocycles. The number of aliphatic hydroxyl groups is 1. The normalized spacial score (nSPS) is 38.4. The van der Waals surface area contributed by atoms with E-state index in [0.717, 1.165) is 39.0 Å². The summed E-state index contributed by atoms with van der Waals surface area (Å²) < 4.78 is 6.23. The van der Waals surface area contributed by atoms with Gasteiger partial charge in [0.1, 0.15) is 0 Å². The molecule has 0 radical (unpaired) electrons. The van der Waals surface area contributed by atoms with Crippen LogP contribution in [0.4, 0.5) is 0 Å². The second kappa shape index (κ2) is 5.77. The Kier molecular flexibility index (Phi) is 3.91. The lowest BCUT2D eigenvalue weighted by atomic mass is 9.80. The van der Waals surface area contributed by atoms with E-state index in [9.17, 15) is 9.90 Å². The molecule has 1 spiro atoms. The number of carbonyl (C=O) groups is 1. The summed E-state index contributed by atoms with van der Waals surface area (Å²) in [7, 11) is 0. The van der Waals surface area contributed by atoms with Crippen LogP contribution in [0.25, 0.3) is 0 Å². The Hall–Kier alpha value is -0.650. The molecule has 1 atom stereocenters. The molecule has 0 bridgehead atoms. The van der Waals surface area contributed by atoms with Crippen molar-refractivity contribution in [2.45, 2.75) is 62.7 Å². The molecule has 3 heterocycles. The molecule has 1 aliphatic carbocycles. The molecule has 3 saturated heterocycles. The van der Waals surface area contributed by atoms with Gasteiger partial charge >= 0.3 is 0 Å². The highest BCUT2D eigenvalue weighted by Crippen LogP contribution is 2.39. The Morgan fingerprint density at radius 2 is 1.77 bits per heavy atom. The zero-order chi connectivity index (χ0) is 15.2. The molecular formula is C17H28N2O3. The first-order valence-corrected chi connectivity index (χ1v) is 9.00. The first-order chi connectivity index (χ1) is 10.7. The summed E-state index contributed by atoms with van der Waals surface area (Å²) in [4.78, 5) is 17.0. The van der Waals surface area contributed by atoms with Crippen molar-refractivity contribution in [3.63, 3.8) is 0 Å². The Morgan fingerprint density at radius 1 is 1.09 bits per heavy atom. The van der Waals surface area contributed by atoms with Crippen molar-refractivity contribution in [2.75, 3.05) is 32.8 Å². The van der Waals surface area contributed by atoms with Gasteiger partial charge in [0, 0.05) is 25.0 Å². The van der Waals surface area contributed by atoms with E-state index >= 15 is 0 Å². The van der Waals surface area contributed by atoms with Gasteiger partial charge in [-0.25, -0.2) is 0 Å². The lowest BCUT2D eigenvalue weighted by Gasteiger charge is -2.42. The number of aliphatic hydroxyl groups excluding tert-OH is 1. The number of rotatable bonds is 2. The smallest absolute Gasteiger partial charge is 0.225 e. The average molecular weight is 308 g/mol. The van der Waals surface area contributed by atoms with Crippen LogP contribution in [0.1, 0.15) is 44.9 Å². The van der Waals surface area contributed by atoms with E-state index in [1.807, 2.05) is 4.90 Å². The van der Waals surface area contributed by atoms with Crippen LogP contribution < -0.4 is 0 Å². The molecule has 1 N–H and O–H groups in total. The highest BCUT2D eigenvalue weighted by molar-refractivity contribution is 5.80. The fourth-order valence-corrected chi connectivity index (χ4v) is 4.69. The maximum absolute atomic E-state index is 12.4. The third-order valence-electron chi connectivity index (χ3n) is 6.30. The van der Waals surface area contributed by atoms with Crippen molar-refractivity contribution in [2.24, 2.45) is 5.92 Å². The zero-order valence-electron chi connectivity index (χ0n) is 13.4. The fraction of sp³-hybridized carbons (Fsp3) is 0.941. The molecule has 5 nitrogen and oxygen atoms in total. The average Bonchev–Trinajstić information content (AvgIpc) is 3.14. The van der Waals surface area contributed by atoms with Gasteiger partial charge in [-0.3, -0.25) is 9.69 Å². The molecule has 0 aromatic heterocycles. The van der Waals surface area contributed by atoms with Gasteiger partial charge in [0.25, 0.3) is 0 Å². The first-order valence-electron chi connectivity index (χ1n) is 9.00. The van der Waals surface area contributed by atoms with Crippen molar-refractivity contribution in [3.05, 3.63) is 0 Å². The van der Waals surface area contributed by atoms with E-state index < -0.39 is 0 Å². The Balaban J connectivity index is 1.29. The summed E-state index contributed by atoms with van der Waals surface area (Å²) in [6.45, 7) is 5.01. The molecule has 22 heavy (non-hydrogen) atoms. The topological polar surface area (TPSA) is 53.0 Å². The Morgan fingerprint density at radius 3 is 2.41 bits per heavy atom. The molecular weight excluding hydrogens is 280 g/mol. The monoisotopic (exact) mass is 308 g/mol. The van der Waals surface area contributed by atoms with E-state index in [1.165, 1.54) is 25.9 Å². The maximum atomic E-state index is 12.4. The zero-order valence-corrected chi connectivity index (χ0v) is 13.4. The minimum absolute atomic E-state index is 0.0309. The van der Waals surface area contributed by atoms with Crippen LogP contribution in [-0.2, 0) is 9.53 Å². The molecule has 4 fully saturated rings. The molecule has 4 aliphatic rings. The highest BCUT2D eigenvalue weighted by Gasteiger charge is 2.46. The fourth-order valence-electron chi connectivity index (χ4n) is 4.69. The Bertz CT molecular complexity index is 422. The summed E-state index contributed by atoms with van der Waals surface area (Å²) in [6.07, 6.45) is 6.86. The second-order valence-corrected chi connectivity index (χ2v) is 7.74. The van der Waals surface area contributed by atoms with Crippen LogP contribution in [0.5, 0.6) is 0 Å². The summed E-state index contributed by atoms with van der Waals surface area (Å²) in [5.41, 5.74) is 0.0309. The summed E-state index contributed by atoms with van der Waals surface area (Å²) in [5.74, 6) is 0.333. The van der Waals surface area contributed by atoms with Crippen LogP contribution in [-0.4, -0.2) is 71.3 Å². The summed E-state index contributed by atoms with van der Waals surface area (Å²) >= 11 is 0. The second-order valence-electron chi connectivity index (χ2n) is 7.74.